The monoisotopic (exact) mass is 362 g/mol. The quantitative estimate of drug-likeness (QED) is 0.488. The van der Waals surface area contributed by atoms with Gasteiger partial charge in [0.1, 0.15) is 5.75 Å². The Morgan fingerprint density at radius 3 is 2.52 bits per heavy atom. The number of anilines is 1. The number of nitrogens with one attached hydrogen (secondary N) is 2. The van der Waals surface area contributed by atoms with Crippen LogP contribution in [0.5, 0.6) is 5.75 Å². The molecule has 0 unspecified atom stereocenters. The lowest BCUT2D eigenvalue weighted by Gasteiger charge is -2.10. The van der Waals surface area contributed by atoms with Crippen molar-refractivity contribution in [2.24, 2.45) is 10.7 Å². The fourth-order valence-electron chi connectivity index (χ4n) is 2.07. The number of hydrogen-bond acceptors (Lipinski definition) is 4. The third-order valence-corrected chi connectivity index (χ3v) is 4.66. The SMILES string of the molecule is COc1ccccc1NC(N)=NCCS(=O)(=O)NCc1ccccc1. The van der Waals surface area contributed by atoms with E-state index in [0.29, 0.717) is 11.4 Å². The first kappa shape index (κ1) is 18.8. The highest BCUT2D eigenvalue weighted by atomic mass is 32.2. The molecule has 2 rings (SSSR count). The van der Waals surface area contributed by atoms with Gasteiger partial charge in [0, 0.05) is 6.54 Å². The first-order valence-corrected chi connectivity index (χ1v) is 9.36. The zero-order chi connectivity index (χ0) is 18.1. The minimum Gasteiger partial charge on any atom is -0.495 e. The van der Waals surface area contributed by atoms with E-state index in [1.165, 1.54) is 0 Å². The average Bonchev–Trinajstić information content (AvgIpc) is 2.61. The Bertz CT molecular complexity index is 808. The molecule has 0 aromatic heterocycles. The Hall–Kier alpha value is -2.58. The maximum atomic E-state index is 12.0. The number of aliphatic imine (C=N–C) groups is 1. The van der Waals surface area contributed by atoms with E-state index in [1.54, 1.807) is 19.2 Å². The number of ether oxygens (including phenoxy) is 1. The summed E-state index contributed by atoms with van der Waals surface area (Å²) in [6, 6.07) is 16.6. The highest BCUT2D eigenvalue weighted by molar-refractivity contribution is 7.89. The normalized spacial score (nSPS) is 12.0. The van der Waals surface area contributed by atoms with Gasteiger partial charge >= 0.3 is 0 Å². The number of rotatable bonds is 8. The van der Waals surface area contributed by atoms with Crippen LogP contribution in [0.3, 0.4) is 0 Å². The van der Waals surface area contributed by atoms with Crippen LogP contribution in [-0.2, 0) is 16.6 Å². The van der Waals surface area contributed by atoms with E-state index in [1.807, 2.05) is 42.5 Å². The summed E-state index contributed by atoms with van der Waals surface area (Å²) in [6.45, 7) is 0.305. The average molecular weight is 362 g/mol. The molecule has 134 valence electrons. The van der Waals surface area contributed by atoms with Crippen molar-refractivity contribution in [1.29, 1.82) is 0 Å². The minimum atomic E-state index is -3.43. The van der Waals surface area contributed by atoms with Crippen molar-refractivity contribution >= 4 is 21.7 Å². The van der Waals surface area contributed by atoms with Crippen molar-refractivity contribution in [3.8, 4) is 5.75 Å². The fourth-order valence-corrected chi connectivity index (χ4v) is 2.94. The molecule has 25 heavy (non-hydrogen) atoms. The van der Waals surface area contributed by atoms with Crippen LogP contribution in [0.4, 0.5) is 5.69 Å². The summed E-state index contributed by atoms with van der Waals surface area (Å²) in [5.41, 5.74) is 7.35. The number of nitrogens with two attached hydrogens (primary N) is 1. The molecule has 2 aromatic carbocycles. The molecule has 0 saturated carbocycles. The van der Waals surface area contributed by atoms with Crippen molar-refractivity contribution in [3.63, 3.8) is 0 Å². The molecular weight excluding hydrogens is 340 g/mol. The first-order valence-electron chi connectivity index (χ1n) is 7.71. The summed E-state index contributed by atoms with van der Waals surface area (Å²) in [5, 5.41) is 2.89. The van der Waals surface area contributed by atoms with E-state index in [2.05, 4.69) is 15.0 Å². The van der Waals surface area contributed by atoms with Gasteiger partial charge in [-0.2, -0.15) is 0 Å². The molecule has 0 heterocycles. The predicted octanol–water partition coefficient (Wildman–Crippen LogP) is 1.54. The predicted molar refractivity (Wildman–Crippen MR) is 100 cm³/mol. The Labute approximate surface area is 148 Å². The highest BCUT2D eigenvalue weighted by Gasteiger charge is 2.09. The molecule has 0 fully saturated rings. The topological polar surface area (TPSA) is 106 Å². The van der Waals surface area contributed by atoms with Gasteiger partial charge in [0.2, 0.25) is 10.0 Å². The summed E-state index contributed by atoms with van der Waals surface area (Å²) >= 11 is 0. The Morgan fingerprint density at radius 1 is 1.12 bits per heavy atom. The van der Waals surface area contributed by atoms with Crippen LogP contribution in [0.1, 0.15) is 5.56 Å². The third kappa shape index (κ3) is 6.44. The van der Waals surface area contributed by atoms with Gasteiger partial charge in [-0.25, -0.2) is 13.1 Å². The van der Waals surface area contributed by atoms with Gasteiger partial charge < -0.3 is 15.8 Å². The molecule has 7 nitrogen and oxygen atoms in total. The number of methoxy groups -OCH3 is 1. The van der Waals surface area contributed by atoms with Crippen LogP contribution in [0.25, 0.3) is 0 Å². The van der Waals surface area contributed by atoms with Crippen molar-refractivity contribution in [2.75, 3.05) is 24.7 Å². The lowest BCUT2D eigenvalue weighted by atomic mass is 10.2. The lowest BCUT2D eigenvalue weighted by Crippen LogP contribution is -2.29. The number of hydrogen-bond donors (Lipinski definition) is 3. The van der Waals surface area contributed by atoms with Crippen LogP contribution in [0.15, 0.2) is 59.6 Å². The molecule has 0 saturated heterocycles. The molecule has 0 aliphatic heterocycles. The molecule has 2 aromatic rings. The molecule has 8 heteroatoms. The zero-order valence-electron chi connectivity index (χ0n) is 14.0. The first-order chi connectivity index (χ1) is 12.0. The van der Waals surface area contributed by atoms with Gasteiger partial charge in [0.05, 0.1) is 25.1 Å². The number of benzene rings is 2. The summed E-state index contributed by atoms with van der Waals surface area (Å²) in [4.78, 5) is 4.04. The highest BCUT2D eigenvalue weighted by Crippen LogP contribution is 2.22. The molecule has 0 radical (unpaired) electrons. The second kappa shape index (κ2) is 9.05. The molecule has 4 N–H and O–H groups in total. The van der Waals surface area contributed by atoms with E-state index in [4.69, 9.17) is 10.5 Å². The molecule has 0 amide bonds. The molecular formula is C17H22N4O3S. The van der Waals surface area contributed by atoms with E-state index >= 15 is 0 Å². The summed E-state index contributed by atoms with van der Waals surface area (Å²) in [6.07, 6.45) is 0. The van der Waals surface area contributed by atoms with Gasteiger partial charge in [0.25, 0.3) is 0 Å². The standard InChI is InChI=1S/C17H22N4O3S/c1-24-16-10-6-5-9-15(16)21-17(18)19-11-12-25(22,23)20-13-14-7-3-2-4-8-14/h2-10,20H,11-13H2,1H3,(H3,18,19,21). The van der Waals surface area contributed by atoms with Crippen molar-refractivity contribution in [1.82, 2.24) is 4.72 Å². The smallest absolute Gasteiger partial charge is 0.213 e. The Morgan fingerprint density at radius 2 is 1.80 bits per heavy atom. The summed E-state index contributed by atoms with van der Waals surface area (Å²) < 4.78 is 31.7. The number of nitrogens with zero attached hydrogens (tertiary/aromatic N) is 1. The van der Waals surface area contributed by atoms with Gasteiger partial charge in [-0.3, -0.25) is 4.99 Å². The fraction of sp³-hybridized carbons (Fsp3) is 0.235. The van der Waals surface area contributed by atoms with Crippen molar-refractivity contribution in [2.45, 2.75) is 6.54 Å². The van der Waals surface area contributed by atoms with Crippen LogP contribution in [0.2, 0.25) is 0 Å². The molecule has 0 bridgehead atoms. The summed E-state index contributed by atoms with van der Waals surface area (Å²) in [7, 11) is -1.87. The maximum Gasteiger partial charge on any atom is 0.213 e. The second-order valence-electron chi connectivity index (χ2n) is 5.22. The minimum absolute atomic E-state index is 0.0537. The molecule has 0 spiro atoms. The number of guanidine groups is 1. The van der Waals surface area contributed by atoms with E-state index < -0.39 is 10.0 Å². The molecule has 0 aliphatic carbocycles. The lowest BCUT2D eigenvalue weighted by molar-refractivity contribution is 0.417. The van der Waals surface area contributed by atoms with Crippen LogP contribution >= 0.6 is 0 Å². The number of sulfonamides is 1. The van der Waals surface area contributed by atoms with Gasteiger partial charge in [-0.1, -0.05) is 42.5 Å². The largest absolute Gasteiger partial charge is 0.495 e. The second-order valence-corrected chi connectivity index (χ2v) is 7.14. The van der Waals surface area contributed by atoms with Gasteiger partial charge in [0.15, 0.2) is 5.96 Å². The van der Waals surface area contributed by atoms with Crippen LogP contribution in [-0.4, -0.2) is 33.8 Å². The van der Waals surface area contributed by atoms with Crippen LogP contribution in [0, 0.1) is 0 Å². The van der Waals surface area contributed by atoms with E-state index in [0.717, 1.165) is 5.56 Å². The number of para-hydroxylation sites is 2. The zero-order valence-corrected chi connectivity index (χ0v) is 14.8. The Kier molecular flexibility index (Phi) is 6.79. The van der Waals surface area contributed by atoms with Crippen molar-refractivity contribution < 1.29 is 13.2 Å². The van der Waals surface area contributed by atoms with E-state index in [-0.39, 0.29) is 24.8 Å². The Balaban J connectivity index is 1.84. The molecule has 0 aliphatic rings. The third-order valence-electron chi connectivity index (χ3n) is 3.35. The van der Waals surface area contributed by atoms with Gasteiger partial charge in [-0.15, -0.1) is 0 Å². The van der Waals surface area contributed by atoms with Gasteiger partial charge in [-0.05, 0) is 17.7 Å². The van der Waals surface area contributed by atoms with E-state index in [9.17, 15) is 8.42 Å². The maximum absolute atomic E-state index is 12.0. The van der Waals surface area contributed by atoms with Crippen molar-refractivity contribution in [3.05, 3.63) is 60.2 Å². The molecule has 0 atom stereocenters. The summed E-state index contributed by atoms with van der Waals surface area (Å²) in [5.74, 6) is 0.606. The van der Waals surface area contributed by atoms with Crippen LogP contribution < -0.4 is 20.5 Å².